The van der Waals surface area contributed by atoms with Gasteiger partial charge in [-0.25, -0.2) is 0 Å². The lowest BCUT2D eigenvalue weighted by atomic mass is 9.35. The van der Waals surface area contributed by atoms with Crippen molar-refractivity contribution in [2.75, 3.05) is 0 Å². The molecule has 5 heterocycles. The molecule has 0 atom stereocenters. The zero-order valence-corrected chi connectivity index (χ0v) is 27.4. The quantitative estimate of drug-likeness (QED) is 0.202. The fourth-order valence-corrected chi connectivity index (χ4v) is 9.43. The van der Waals surface area contributed by atoms with Gasteiger partial charge in [-0.1, -0.05) is 101 Å². The summed E-state index contributed by atoms with van der Waals surface area (Å²) in [7, 11) is 0. The van der Waals surface area contributed by atoms with Gasteiger partial charge in [-0.2, -0.15) is 0 Å². The first kappa shape index (κ1) is 26.8. The summed E-state index contributed by atoms with van der Waals surface area (Å²) in [5.74, 6) is 3.80. The van der Waals surface area contributed by atoms with Gasteiger partial charge in [-0.15, -0.1) is 0 Å². The zero-order chi connectivity index (χ0) is 30.1. The fraction of sp³-hybridized carbons (Fsp3) is 0.216. The van der Waals surface area contributed by atoms with Crippen LogP contribution in [0.1, 0.15) is 52.7 Å². The molecule has 0 aliphatic carbocycles. The Morgan fingerprint density at radius 3 is 1.66 bits per heavy atom. The average Bonchev–Trinajstić information content (AvgIpc) is 2.98. The van der Waals surface area contributed by atoms with E-state index >= 15 is 0 Å². The maximum atomic E-state index is 6.62. The first-order valence-corrected chi connectivity index (χ1v) is 17.0. The third-order valence-corrected chi connectivity index (χ3v) is 11.6. The van der Waals surface area contributed by atoms with Crippen LogP contribution in [-0.2, 0) is 10.8 Å². The summed E-state index contributed by atoms with van der Waals surface area (Å²) in [6, 6.07) is 28.7. The van der Waals surface area contributed by atoms with E-state index in [1.54, 1.807) is 11.8 Å². The lowest BCUT2D eigenvalue weighted by Gasteiger charge is -2.37. The van der Waals surface area contributed by atoms with Crippen LogP contribution in [0.2, 0.25) is 0 Å². The smallest absolute Gasteiger partial charge is 0.277 e. The molecule has 0 fully saturated rings. The highest BCUT2D eigenvalue weighted by molar-refractivity contribution is 8.00. The third-order valence-electron chi connectivity index (χ3n) is 9.44. The first-order valence-electron chi connectivity index (χ1n) is 15.4. The molecular weight excluding hydrogens is 576 g/mol. The number of fused-ring (bicyclic) bond motifs is 8. The molecule has 0 spiro atoms. The number of nitrogens with zero attached hydrogens (tertiary/aromatic N) is 1. The number of hydrogen-bond acceptors (Lipinski definition) is 5. The van der Waals surface area contributed by atoms with Crippen LogP contribution >= 0.6 is 23.5 Å². The Bertz CT molecular complexity index is 1930. The van der Waals surface area contributed by atoms with Crippen LogP contribution in [-0.4, -0.2) is 18.4 Å². The number of hydrogen-bond donors (Lipinski definition) is 0. The Labute approximate surface area is 268 Å². The molecule has 4 aromatic carbocycles. The van der Waals surface area contributed by atoms with E-state index in [1.165, 1.54) is 53.1 Å². The van der Waals surface area contributed by atoms with Gasteiger partial charge in [0.25, 0.3) is 13.4 Å². The van der Waals surface area contributed by atoms with Gasteiger partial charge >= 0.3 is 0 Å². The molecule has 0 bridgehead atoms. The Morgan fingerprint density at radius 1 is 0.545 bits per heavy atom. The molecule has 1 aromatic heterocycles. The molecular formula is C37H31B2NO2S2. The molecule has 0 saturated carbocycles. The van der Waals surface area contributed by atoms with Crippen LogP contribution in [0.3, 0.4) is 0 Å². The summed E-state index contributed by atoms with van der Waals surface area (Å²) in [6.07, 6.45) is 0. The fourth-order valence-electron chi connectivity index (χ4n) is 7.06. The Kier molecular flexibility index (Phi) is 5.50. The molecule has 0 unspecified atom stereocenters. The van der Waals surface area contributed by atoms with Crippen LogP contribution in [0.15, 0.2) is 98.6 Å². The summed E-state index contributed by atoms with van der Waals surface area (Å²) in [5, 5.41) is 1.09. The minimum atomic E-state index is -0.0000629. The zero-order valence-electron chi connectivity index (χ0n) is 25.7. The first-order chi connectivity index (χ1) is 21.0. The van der Waals surface area contributed by atoms with E-state index in [-0.39, 0.29) is 24.3 Å². The van der Waals surface area contributed by atoms with Crippen LogP contribution < -0.4 is 42.4 Å². The van der Waals surface area contributed by atoms with Gasteiger partial charge in [0.2, 0.25) is 0 Å². The molecule has 5 aromatic rings. The van der Waals surface area contributed by atoms with Crippen molar-refractivity contribution in [1.29, 1.82) is 0 Å². The molecule has 0 saturated heterocycles. The second kappa shape index (κ2) is 9.02. The topological polar surface area (TPSA) is 31.4 Å². The molecule has 3 nitrogen and oxygen atoms in total. The molecule has 214 valence electrons. The second-order valence-corrected chi connectivity index (χ2v) is 16.5. The van der Waals surface area contributed by atoms with Crippen molar-refractivity contribution in [3.05, 3.63) is 90.0 Å². The van der Waals surface area contributed by atoms with Crippen molar-refractivity contribution in [2.45, 2.75) is 72.1 Å². The van der Waals surface area contributed by atoms with Gasteiger partial charge in [-0.3, -0.25) is 4.98 Å². The summed E-state index contributed by atoms with van der Waals surface area (Å²) < 4.78 is 13.2. The van der Waals surface area contributed by atoms with Gasteiger partial charge in [0.05, 0.1) is 5.03 Å². The minimum Gasteiger partial charge on any atom is -0.458 e. The number of aromatic nitrogens is 1. The van der Waals surface area contributed by atoms with E-state index in [4.69, 9.17) is 14.5 Å². The molecule has 0 N–H and O–H groups in total. The van der Waals surface area contributed by atoms with E-state index in [0.29, 0.717) is 0 Å². The van der Waals surface area contributed by atoms with Crippen molar-refractivity contribution >= 4 is 69.9 Å². The van der Waals surface area contributed by atoms with Gasteiger partial charge in [0.15, 0.2) is 0 Å². The van der Waals surface area contributed by atoms with Gasteiger partial charge in [0.1, 0.15) is 23.0 Å². The summed E-state index contributed by atoms with van der Waals surface area (Å²) in [4.78, 5) is 9.36. The van der Waals surface area contributed by atoms with Crippen molar-refractivity contribution in [3.8, 4) is 23.0 Å². The highest BCUT2D eigenvalue weighted by Gasteiger charge is 2.45. The van der Waals surface area contributed by atoms with Crippen LogP contribution in [0.25, 0.3) is 0 Å². The van der Waals surface area contributed by atoms with E-state index in [1.807, 2.05) is 11.8 Å². The SMILES string of the molecule is CC(C)(C)c1cc2c3c(c1)Sc1nc4c(cc1B3c1ccccc1O2)Sc1cc(C(C)(C)C)cc2c1B4c1ccccc1O2. The minimum absolute atomic E-state index is 0.0000629. The molecule has 4 aliphatic heterocycles. The number of pyridine rings is 1. The predicted molar refractivity (Wildman–Crippen MR) is 185 cm³/mol. The predicted octanol–water partition coefficient (Wildman–Crippen LogP) is 5.85. The monoisotopic (exact) mass is 607 g/mol. The summed E-state index contributed by atoms with van der Waals surface area (Å²) >= 11 is 3.65. The van der Waals surface area contributed by atoms with Crippen molar-refractivity contribution in [2.24, 2.45) is 0 Å². The maximum Gasteiger partial charge on any atom is 0.277 e. The molecule has 9 rings (SSSR count). The Hall–Kier alpha value is -3.54. The van der Waals surface area contributed by atoms with E-state index in [9.17, 15) is 0 Å². The molecule has 7 heteroatoms. The van der Waals surface area contributed by atoms with E-state index in [0.717, 1.165) is 33.6 Å². The lowest BCUT2D eigenvalue weighted by molar-refractivity contribution is 0.481. The third kappa shape index (κ3) is 3.85. The van der Waals surface area contributed by atoms with Gasteiger partial charge in [-0.05, 0) is 91.7 Å². The lowest BCUT2D eigenvalue weighted by Crippen LogP contribution is -2.62. The molecule has 44 heavy (non-hydrogen) atoms. The summed E-state index contributed by atoms with van der Waals surface area (Å²) in [5.41, 5.74) is 9.88. The average molecular weight is 607 g/mol. The number of ether oxygens (including phenoxy) is 2. The summed E-state index contributed by atoms with van der Waals surface area (Å²) in [6.45, 7) is 13.7. The number of benzene rings is 4. The van der Waals surface area contributed by atoms with Crippen LogP contribution in [0.5, 0.6) is 23.0 Å². The van der Waals surface area contributed by atoms with Crippen LogP contribution in [0, 0.1) is 0 Å². The standard InChI is InChI=1S/C37H31B2NO2S2/c1-36(2,3)20-16-28-33-29(17-20)43-31-19-24-35(40-34(31)39(33)23-12-8-10-14-26(23)42-28)44-30-18-21(37(4,5)6)15-27-32(30)38(24)22-11-7-9-13-25(22)41-27/h7-19H,1-6H3. The second-order valence-electron chi connectivity index (χ2n) is 14.4. The van der Waals surface area contributed by atoms with E-state index in [2.05, 4.69) is 120 Å². The Balaban J connectivity index is 1.29. The number of rotatable bonds is 0. The van der Waals surface area contributed by atoms with Gasteiger partial charge < -0.3 is 9.47 Å². The molecule has 4 aliphatic rings. The van der Waals surface area contributed by atoms with Crippen molar-refractivity contribution < 1.29 is 9.47 Å². The van der Waals surface area contributed by atoms with Crippen molar-refractivity contribution in [1.82, 2.24) is 4.98 Å². The Morgan fingerprint density at radius 2 is 1.07 bits per heavy atom. The van der Waals surface area contributed by atoms with E-state index < -0.39 is 0 Å². The van der Waals surface area contributed by atoms with Crippen molar-refractivity contribution in [3.63, 3.8) is 0 Å². The van der Waals surface area contributed by atoms with Crippen LogP contribution in [0.4, 0.5) is 0 Å². The highest BCUT2D eigenvalue weighted by atomic mass is 32.2. The molecule has 0 amide bonds. The normalized spacial score (nSPS) is 15.1. The number of para-hydroxylation sites is 2. The largest absolute Gasteiger partial charge is 0.458 e. The van der Waals surface area contributed by atoms with Gasteiger partial charge in [0, 0.05) is 20.3 Å². The molecule has 0 radical (unpaired) electrons. The highest BCUT2D eigenvalue weighted by Crippen LogP contribution is 2.43. The maximum absolute atomic E-state index is 6.62.